The standard InChI is InChI=1S/C10H14N4O7/c1-2-3-9(16)21-6-7(15)4-12-5-8(13(17)18)11-10(12)14(19)20/h5,7,15H,2-4,6H2,1H3/t7-/m0/s1. The van der Waals surface area contributed by atoms with E-state index in [1.54, 1.807) is 6.92 Å². The molecule has 0 aromatic carbocycles. The summed E-state index contributed by atoms with van der Waals surface area (Å²) >= 11 is 0. The van der Waals surface area contributed by atoms with Crippen molar-refractivity contribution in [3.63, 3.8) is 0 Å². The Kier molecular flexibility index (Phi) is 5.72. The highest BCUT2D eigenvalue weighted by atomic mass is 16.6. The molecule has 1 N–H and O–H groups in total. The number of hydrogen-bond acceptors (Lipinski definition) is 8. The summed E-state index contributed by atoms with van der Waals surface area (Å²) in [5, 5.41) is 30.9. The van der Waals surface area contributed by atoms with Gasteiger partial charge >= 0.3 is 17.7 Å². The molecular weight excluding hydrogens is 288 g/mol. The minimum atomic E-state index is -1.24. The third kappa shape index (κ3) is 4.80. The molecule has 1 aromatic rings. The van der Waals surface area contributed by atoms with Gasteiger partial charge in [0.05, 0.1) is 0 Å². The van der Waals surface area contributed by atoms with Gasteiger partial charge in [-0.1, -0.05) is 6.92 Å². The van der Waals surface area contributed by atoms with Gasteiger partial charge in [0, 0.05) is 6.42 Å². The lowest BCUT2D eigenvalue weighted by molar-refractivity contribution is -0.403. The molecule has 11 heteroatoms. The summed E-state index contributed by atoms with van der Waals surface area (Å²) in [4.78, 5) is 33.8. The molecular formula is C10H14N4O7. The van der Waals surface area contributed by atoms with E-state index in [2.05, 4.69) is 4.98 Å². The summed E-state index contributed by atoms with van der Waals surface area (Å²) in [5.41, 5.74) is 0. The second-order valence-corrected chi connectivity index (χ2v) is 4.15. The summed E-state index contributed by atoms with van der Waals surface area (Å²) in [7, 11) is 0. The summed E-state index contributed by atoms with van der Waals surface area (Å²) < 4.78 is 5.57. The van der Waals surface area contributed by atoms with Gasteiger partial charge in [0.1, 0.15) is 19.3 Å². The third-order valence-electron chi connectivity index (χ3n) is 2.39. The molecule has 0 radical (unpaired) electrons. The van der Waals surface area contributed by atoms with E-state index in [0.717, 1.165) is 10.8 Å². The highest BCUT2D eigenvalue weighted by molar-refractivity contribution is 5.69. The van der Waals surface area contributed by atoms with Gasteiger partial charge in [-0.15, -0.1) is 0 Å². The fourth-order valence-electron chi connectivity index (χ4n) is 1.51. The van der Waals surface area contributed by atoms with Crippen molar-refractivity contribution in [3.05, 3.63) is 26.4 Å². The van der Waals surface area contributed by atoms with Crippen LogP contribution in [-0.4, -0.2) is 43.2 Å². The number of rotatable bonds is 8. The number of hydrogen-bond donors (Lipinski definition) is 1. The number of imidazole rings is 1. The van der Waals surface area contributed by atoms with E-state index in [4.69, 9.17) is 4.74 Å². The molecule has 0 aliphatic heterocycles. The quantitative estimate of drug-likeness (QED) is 0.411. The van der Waals surface area contributed by atoms with Crippen LogP contribution < -0.4 is 0 Å². The van der Waals surface area contributed by atoms with Gasteiger partial charge in [-0.2, -0.15) is 0 Å². The maximum atomic E-state index is 11.1. The highest BCUT2D eigenvalue weighted by Crippen LogP contribution is 2.17. The van der Waals surface area contributed by atoms with E-state index < -0.39 is 33.7 Å². The molecule has 0 bridgehead atoms. The Bertz CT molecular complexity index is 542. The van der Waals surface area contributed by atoms with E-state index in [0.29, 0.717) is 6.42 Å². The number of carbonyl (C=O) groups is 1. The van der Waals surface area contributed by atoms with Crippen LogP contribution in [0.3, 0.4) is 0 Å². The lowest BCUT2D eigenvalue weighted by atomic mass is 10.3. The molecule has 1 aromatic heterocycles. The molecule has 0 unspecified atom stereocenters. The van der Waals surface area contributed by atoms with Gasteiger partial charge in [-0.3, -0.25) is 4.79 Å². The van der Waals surface area contributed by atoms with Gasteiger partial charge in [0.15, 0.2) is 6.20 Å². The highest BCUT2D eigenvalue weighted by Gasteiger charge is 2.25. The summed E-state index contributed by atoms with van der Waals surface area (Å²) in [5.74, 6) is -1.96. The van der Waals surface area contributed by atoms with Gasteiger partial charge in [0.2, 0.25) is 0 Å². The first-order valence-electron chi connectivity index (χ1n) is 6.04. The molecule has 0 aliphatic carbocycles. The number of aliphatic hydroxyl groups is 1. The third-order valence-corrected chi connectivity index (χ3v) is 2.39. The predicted molar refractivity (Wildman–Crippen MR) is 67.4 cm³/mol. The summed E-state index contributed by atoms with van der Waals surface area (Å²) in [6.45, 7) is 1.07. The zero-order valence-electron chi connectivity index (χ0n) is 11.2. The Labute approximate surface area is 118 Å². The Hall–Kier alpha value is -2.56. The van der Waals surface area contributed by atoms with E-state index in [1.165, 1.54) is 0 Å². The number of esters is 1. The van der Waals surface area contributed by atoms with Crippen LogP contribution in [0.1, 0.15) is 19.8 Å². The Morgan fingerprint density at radius 2 is 2.14 bits per heavy atom. The molecule has 0 spiro atoms. The Balaban J connectivity index is 2.70. The molecule has 0 saturated carbocycles. The van der Waals surface area contributed by atoms with Crippen LogP contribution in [0.2, 0.25) is 0 Å². The number of aliphatic hydroxyl groups excluding tert-OH is 1. The smallest absolute Gasteiger partial charge is 0.439 e. The van der Waals surface area contributed by atoms with E-state index in [9.17, 15) is 30.1 Å². The summed E-state index contributed by atoms with van der Waals surface area (Å²) in [6, 6.07) is 0. The zero-order chi connectivity index (χ0) is 16.0. The van der Waals surface area contributed by atoms with Crippen molar-refractivity contribution in [3.8, 4) is 0 Å². The van der Waals surface area contributed by atoms with Crippen molar-refractivity contribution in [1.82, 2.24) is 9.55 Å². The molecule has 0 aliphatic rings. The molecule has 116 valence electrons. The minimum Gasteiger partial charge on any atom is -0.463 e. The van der Waals surface area contributed by atoms with Crippen LogP contribution in [0.15, 0.2) is 6.20 Å². The van der Waals surface area contributed by atoms with Crippen molar-refractivity contribution in [2.75, 3.05) is 6.61 Å². The maximum Gasteiger partial charge on any atom is 0.439 e. The van der Waals surface area contributed by atoms with Crippen molar-refractivity contribution in [1.29, 1.82) is 0 Å². The van der Waals surface area contributed by atoms with Crippen molar-refractivity contribution in [2.45, 2.75) is 32.4 Å². The predicted octanol–water partition coefficient (Wildman–Crippen LogP) is 0.404. The van der Waals surface area contributed by atoms with E-state index >= 15 is 0 Å². The lowest BCUT2D eigenvalue weighted by Crippen LogP contribution is -2.24. The molecule has 1 heterocycles. The topological polar surface area (TPSA) is 151 Å². The van der Waals surface area contributed by atoms with Gasteiger partial charge < -0.3 is 30.1 Å². The van der Waals surface area contributed by atoms with Crippen LogP contribution in [0, 0.1) is 20.2 Å². The van der Waals surface area contributed by atoms with Gasteiger partial charge in [0.25, 0.3) is 0 Å². The van der Waals surface area contributed by atoms with E-state index in [-0.39, 0.29) is 19.6 Å². The number of aromatic nitrogens is 2. The van der Waals surface area contributed by atoms with Crippen LogP contribution in [0.5, 0.6) is 0 Å². The number of carbonyl (C=O) groups excluding carboxylic acids is 1. The van der Waals surface area contributed by atoms with Crippen molar-refractivity contribution >= 4 is 17.7 Å². The molecule has 1 rings (SSSR count). The van der Waals surface area contributed by atoms with Crippen molar-refractivity contribution < 1.29 is 24.5 Å². The minimum absolute atomic E-state index is 0.198. The molecule has 0 saturated heterocycles. The molecule has 21 heavy (non-hydrogen) atoms. The first kappa shape index (κ1) is 16.5. The zero-order valence-corrected chi connectivity index (χ0v) is 11.2. The van der Waals surface area contributed by atoms with Crippen LogP contribution in [-0.2, 0) is 16.1 Å². The van der Waals surface area contributed by atoms with Gasteiger partial charge in [-0.25, -0.2) is 4.57 Å². The second-order valence-electron chi connectivity index (χ2n) is 4.15. The average molecular weight is 302 g/mol. The monoisotopic (exact) mass is 302 g/mol. The lowest BCUT2D eigenvalue weighted by Gasteiger charge is -2.10. The fourth-order valence-corrected chi connectivity index (χ4v) is 1.51. The fraction of sp³-hybridized carbons (Fsp3) is 0.600. The normalized spacial score (nSPS) is 11.9. The van der Waals surface area contributed by atoms with Crippen molar-refractivity contribution in [2.24, 2.45) is 0 Å². The number of nitrogens with zero attached hydrogens (tertiary/aromatic N) is 4. The Morgan fingerprint density at radius 3 is 2.67 bits per heavy atom. The number of ether oxygens (including phenoxy) is 1. The Morgan fingerprint density at radius 1 is 1.48 bits per heavy atom. The first-order valence-corrected chi connectivity index (χ1v) is 6.04. The SMILES string of the molecule is CCCC(=O)OC[C@@H](O)Cn1cc([N+](=O)[O-])nc1[N+](=O)[O-]. The maximum absolute atomic E-state index is 11.1. The molecule has 1 atom stereocenters. The molecule has 0 fully saturated rings. The summed E-state index contributed by atoms with van der Waals surface area (Å²) in [6.07, 6.45) is 0.394. The van der Waals surface area contributed by atoms with Crippen LogP contribution in [0.4, 0.5) is 11.8 Å². The second kappa shape index (κ2) is 7.28. The van der Waals surface area contributed by atoms with Gasteiger partial charge in [-0.05, 0) is 21.3 Å². The first-order chi connectivity index (χ1) is 9.85. The van der Waals surface area contributed by atoms with Crippen LogP contribution in [0.25, 0.3) is 0 Å². The largest absolute Gasteiger partial charge is 0.463 e. The molecule has 0 amide bonds. The van der Waals surface area contributed by atoms with E-state index in [1.807, 2.05) is 0 Å². The number of nitro groups is 2. The van der Waals surface area contributed by atoms with Crippen LogP contribution >= 0.6 is 0 Å². The molecule has 11 nitrogen and oxygen atoms in total. The average Bonchev–Trinajstić information content (AvgIpc) is 2.81.